The van der Waals surface area contributed by atoms with E-state index in [1.54, 1.807) is 12.4 Å². The van der Waals surface area contributed by atoms with Gasteiger partial charge >= 0.3 is 0 Å². The Kier molecular flexibility index (Phi) is 11.0. The van der Waals surface area contributed by atoms with Crippen LogP contribution in [0.15, 0.2) is 95.7 Å². The largest absolute Gasteiger partial charge is 0.306 e. The van der Waals surface area contributed by atoms with Crippen LogP contribution in [0.25, 0.3) is 0 Å². The van der Waals surface area contributed by atoms with Crippen molar-refractivity contribution in [2.24, 2.45) is 10.2 Å². The van der Waals surface area contributed by atoms with E-state index in [9.17, 15) is 0 Å². The van der Waals surface area contributed by atoms with Crippen LogP contribution in [0.5, 0.6) is 0 Å². The minimum absolute atomic E-state index is 0.461. The minimum atomic E-state index is 0.461. The first kappa shape index (κ1) is 28.8. The molecule has 10 heteroatoms. The fourth-order valence-corrected chi connectivity index (χ4v) is 4.80. The van der Waals surface area contributed by atoms with Gasteiger partial charge in [0.15, 0.2) is 37.9 Å². The average Bonchev–Trinajstić information content (AvgIpc) is 2.93. The Balaban J connectivity index is 1.17. The molecule has 200 valence electrons. The number of hydrogen-bond donors (Lipinski definition) is 2. The molecule has 0 saturated heterocycles. The molecule has 0 aliphatic heterocycles. The normalized spacial score (nSPS) is 11.4. The molecule has 2 heterocycles. The van der Waals surface area contributed by atoms with Gasteiger partial charge in [-0.1, -0.05) is 58.5 Å². The van der Waals surface area contributed by atoms with Gasteiger partial charge < -0.3 is 10.9 Å². The van der Waals surface area contributed by atoms with Gasteiger partial charge in [0.1, 0.15) is 0 Å². The fraction of sp³-hybridized carbons (Fsp3) is 0.172. The first-order chi connectivity index (χ1) is 19.0. The lowest BCUT2D eigenvalue weighted by molar-refractivity contribution is -0.726. The predicted octanol–water partition coefficient (Wildman–Crippen LogP) is 6.21. The number of pyridine rings is 2. The van der Waals surface area contributed by atoms with Crippen LogP contribution in [0.3, 0.4) is 0 Å². The molecule has 0 atom stereocenters. The summed E-state index contributed by atoms with van der Waals surface area (Å²) >= 11 is 24.7. The summed E-state index contributed by atoms with van der Waals surface area (Å²) in [5, 5.41) is 11.0. The van der Waals surface area contributed by atoms with E-state index in [1.807, 2.05) is 60.7 Å². The van der Waals surface area contributed by atoms with Crippen LogP contribution in [0.2, 0.25) is 20.1 Å². The van der Waals surface area contributed by atoms with Crippen molar-refractivity contribution in [3.05, 3.63) is 128 Å². The molecule has 0 unspecified atom stereocenters. The van der Waals surface area contributed by atoms with Crippen LogP contribution in [-0.2, 0) is 26.2 Å². The van der Waals surface area contributed by atoms with E-state index in [0.717, 1.165) is 41.8 Å². The van der Waals surface area contributed by atoms with Crippen LogP contribution in [0, 0.1) is 0 Å². The van der Waals surface area contributed by atoms with Crippen LogP contribution in [0.1, 0.15) is 28.7 Å². The molecule has 0 aliphatic rings. The van der Waals surface area contributed by atoms with Crippen LogP contribution >= 0.6 is 46.4 Å². The molecular formula is C29H28Cl4N6+2. The van der Waals surface area contributed by atoms with E-state index in [2.05, 4.69) is 55.0 Å². The van der Waals surface area contributed by atoms with Gasteiger partial charge in [-0.3, -0.25) is 0 Å². The van der Waals surface area contributed by atoms with E-state index in [0.29, 0.717) is 33.2 Å². The van der Waals surface area contributed by atoms with Gasteiger partial charge in [-0.25, -0.2) is 9.13 Å². The van der Waals surface area contributed by atoms with Crippen molar-refractivity contribution in [1.82, 2.24) is 10.9 Å². The van der Waals surface area contributed by atoms with Gasteiger partial charge in [0.2, 0.25) is 0 Å². The zero-order valence-electron chi connectivity index (χ0n) is 21.1. The Hall–Kier alpha value is -3.16. The van der Waals surface area contributed by atoms with Crippen molar-refractivity contribution in [3.63, 3.8) is 0 Å². The molecule has 2 aromatic heterocycles. The first-order valence-electron chi connectivity index (χ1n) is 12.4. The summed E-state index contributed by atoms with van der Waals surface area (Å²) in [6.45, 7) is 2.74. The van der Waals surface area contributed by atoms with Gasteiger partial charge in [-0.2, -0.15) is 10.2 Å². The zero-order valence-corrected chi connectivity index (χ0v) is 24.1. The lowest BCUT2D eigenvalue weighted by atomic mass is 10.2. The average molecular weight is 602 g/mol. The van der Waals surface area contributed by atoms with Crippen molar-refractivity contribution >= 4 is 58.8 Å². The SMILES string of the molecule is Clc1cccc(Cl)c1CNN=Cc1cc[n+](CCC[n+]2ccc(C=NNCc3c(Cl)cccc3Cl)cc2)cc1. The van der Waals surface area contributed by atoms with Crippen molar-refractivity contribution < 1.29 is 9.13 Å². The second-order valence-electron chi connectivity index (χ2n) is 8.68. The van der Waals surface area contributed by atoms with Crippen molar-refractivity contribution in [2.45, 2.75) is 32.6 Å². The Morgan fingerprint density at radius 1 is 0.564 bits per heavy atom. The quantitative estimate of drug-likeness (QED) is 0.115. The third kappa shape index (κ3) is 8.94. The fourth-order valence-electron chi connectivity index (χ4n) is 3.74. The summed E-state index contributed by atoms with van der Waals surface area (Å²) in [4.78, 5) is 0. The van der Waals surface area contributed by atoms with Gasteiger partial charge in [0, 0.05) is 66.6 Å². The molecule has 0 spiro atoms. The van der Waals surface area contributed by atoms with Crippen molar-refractivity contribution in [2.75, 3.05) is 0 Å². The van der Waals surface area contributed by atoms with Crippen molar-refractivity contribution in [3.8, 4) is 0 Å². The van der Waals surface area contributed by atoms with Crippen LogP contribution < -0.4 is 20.0 Å². The summed E-state index contributed by atoms with van der Waals surface area (Å²) in [5.41, 5.74) is 9.66. The maximum atomic E-state index is 6.18. The minimum Gasteiger partial charge on any atom is -0.306 e. The monoisotopic (exact) mass is 600 g/mol. The number of benzene rings is 2. The van der Waals surface area contributed by atoms with Crippen LogP contribution in [-0.4, -0.2) is 12.4 Å². The molecule has 0 bridgehead atoms. The Bertz CT molecular complexity index is 1270. The smallest absolute Gasteiger partial charge is 0.169 e. The third-order valence-electron chi connectivity index (χ3n) is 5.91. The molecule has 0 amide bonds. The highest BCUT2D eigenvalue weighted by Crippen LogP contribution is 2.24. The van der Waals surface area contributed by atoms with E-state index >= 15 is 0 Å². The second kappa shape index (κ2) is 14.8. The Morgan fingerprint density at radius 2 is 0.923 bits per heavy atom. The van der Waals surface area contributed by atoms with Gasteiger partial charge in [-0.15, -0.1) is 0 Å². The molecule has 2 N–H and O–H groups in total. The number of aryl methyl sites for hydroxylation is 2. The molecule has 4 aromatic rings. The van der Waals surface area contributed by atoms with Crippen molar-refractivity contribution in [1.29, 1.82) is 0 Å². The summed E-state index contributed by atoms with van der Waals surface area (Å²) in [6, 6.07) is 19.0. The van der Waals surface area contributed by atoms with Gasteiger partial charge in [0.25, 0.3) is 0 Å². The number of hydrogen-bond acceptors (Lipinski definition) is 4. The summed E-state index contributed by atoms with van der Waals surface area (Å²) in [7, 11) is 0. The Labute approximate surface area is 248 Å². The highest BCUT2D eigenvalue weighted by atomic mass is 35.5. The number of halogens is 4. The number of aromatic nitrogens is 2. The maximum absolute atomic E-state index is 6.18. The number of nitrogens with one attached hydrogen (secondary N) is 2. The summed E-state index contributed by atoms with van der Waals surface area (Å²) < 4.78 is 4.32. The van der Waals surface area contributed by atoms with Gasteiger partial charge in [-0.05, 0) is 24.3 Å². The van der Waals surface area contributed by atoms with E-state index in [1.165, 1.54) is 0 Å². The number of nitrogens with zero attached hydrogens (tertiary/aromatic N) is 4. The standard InChI is InChI=1S/C29H26Cl4N6/c30-26-4-1-5-27(31)24(26)20-36-34-18-22-8-14-38(15-9-22)12-3-13-39-16-10-23(11-17-39)19-35-37-21-25-28(32)6-2-7-29(25)33/h1-2,4-11,14-19H,3,12-13,20-21H2/p+2. The number of rotatable bonds is 12. The summed E-state index contributed by atoms with van der Waals surface area (Å²) in [6.07, 6.45) is 12.8. The molecule has 0 radical (unpaired) electrons. The topological polar surface area (TPSA) is 56.5 Å². The Morgan fingerprint density at radius 3 is 1.28 bits per heavy atom. The van der Waals surface area contributed by atoms with E-state index in [-0.39, 0.29) is 0 Å². The van der Waals surface area contributed by atoms with E-state index < -0.39 is 0 Å². The first-order valence-corrected chi connectivity index (χ1v) is 13.9. The lowest BCUT2D eigenvalue weighted by Gasteiger charge is -2.05. The second-order valence-corrected chi connectivity index (χ2v) is 10.3. The third-order valence-corrected chi connectivity index (χ3v) is 7.33. The maximum Gasteiger partial charge on any atom is 0.169 e. The zero-order chi connectivity index (χ0) is 27.5. The highest BCUT2D eigenvalue weighted by molar-refractivity contribution is 6.36. The predicted molar refractivity (Wildman–Crippen MR) is 160 cm³/mol. The molecule has 0 fully saturated rings. The highest BCUT2D eigenvalue weighted by Gasteiger charge is 2.07. The molecule has 4 rings (SSSR count). The molecule has 6 nitrogen and oxygen atoms in total. The lowest BCUT2D eigenvalue weighted by Crippen LogP contribution is -2.38. The van der Waals surface area contributed by atoms with E-state index in [4.69, 9.17) is 46.4 Å². The van der Waals surface area contributed by atoms with Gasteiger partial charge in [0.05, 0.1) is 31.9 Å². The molecule has 0 saturated carbocycles. The molecular weight excluding hydrogens is 574 g/mol. The summed E-state index contributed by atoms with van der Waals surface area (Å²) in [5.74, 6) is 0. The molecule has 2 aromatic carbocycles. The molecule has 0 aliphatic carbocycles. The van der Waals surface area contributed by atoms with Crippen LogP contribution in [0.4, 0.5) is 0 Å². The molecule has 39 heavy (non-hydrogen) atoms. The number of hydrazone groups is 2.